The largest absolute Gasteiger partial charge is 0.480 e. The Hall–Kier alpha value is -1.63. The number of hydrogen-bond acceptors (Lipinski definition) is 5. The number of nitrogens with zero attached hydrogens (tertiary/aromatic N) is 2. The lowest BCUT2D eigenvalue weighted by Gasteiger charge is -2.32. The Kier molecular flexibility index (Phi) is 3.28. The summed E-state index contributed by atoms with van der Waals surface area (Å²) >= 11 is 1.18. The predicted molar refractivity (Wildman–Crippen MR) is 62.8 cm³/mol. The molecule has 2 heterocycles. The van der Waals surface area contributed by atoms with Gasteiger partial charge in [0.05, 0.1) is 0 Å². The highest BCUT2D eigenvalue weighted by molar-refractivity contribution is 7.13. The van der Waals surface area contributed by atoms with E-state index in [0.717, 1.165) is 12.8 Å². The molecule has 1 aromatic rings. The molecule has 17 heavy (non-hydrogen) atoms. The van der Waals surface area contributed by atoms with Gasteiger partial charge in [0.15, 0.2) is 5.13 Å². The quantitative estimate of drug-likeness (QED) is 0.815. The number of hydrogen-bond donors (Lipinski definition) is 2. The molecule has 1 amide bonds. The van der Waals surface area contributed by atoms with Crippen LogP contribution in [0.3, 0.4) is 0 Å². The highest BCUT2D eigenvalue weighted by atomic mass is 32.1. The molecule has 1 aliphatic rings. The summed E-state index contributed by atoms with van der Waals surface area (Å²) in [6, 6.07) is -0.737. The van der Waals surface area contributed by atoms with Crippen molar-refractivity contribution in [1.82, 2.24) is 9.88 Å². The molecule has 7 heteroatoms. The molecule has 0 bridgehead atoms. The number of likely N-dealkylation sites (tertiary alicyclic amines) is 1. The van der Waals surface area contributed by atoms with Crippen LogP contribution in [0.15, 0.2) is 5.38 Å². The van der Waals surface area contributed by atoms with E-state index in [4.69, 9.17) is 10.8 Å². The van der Waals surface area contributed by atoms with Crippen molar-refractivity contribution in [3.05, 3.63) is 11.1 Å². The molecule has 2 rings (SSSR count). The van der Waals surface area contributed by atoms with E-state index in [0.29, 0.717) is 18.1 Å². The zero-order valence-corrected chi connectivity index (χ0v) is 9.94. The maximum atomic E-state index is 12.1. The van der Waals surface area contributed by atoms with E-state index < -0.39 is 12.0 Å². The molecule has 3 N–H and O–H groups in total. The van der Waals surface area contributed by atoms with E-state index in [1.807, 2.05) is 0 Å². The normalized spacial score (nSPS) is 20.2. The number of carboxylic acid groups (broad SMARTS) is 1. The van der Waals surface area contributed by atoms with Gasteiger partial charge >= 0.3 is 5.97 Å². The summed E-state index contributed by atoms with van der Waals surface area (Å²) in [4.78, 5) is 28.4. The third-order valence-corrected chi connectivity index (χ3v) is 3.46. The van der Waals surface area contributed by atoms with E-state index >= 15 is 0 Å². The smallest absolute Gasteiger partial charge is 0.326 e. The summed E-state index contributed by atoms with van der Waals surface area (Å²) in [5.74, 6) is -1.30. The first kappa shape index (κ1) is 11.8. The molecule has 1 atom stereocenters. The van der Waals surface area contributed by atoms with E-state index in [2.05, 4.69) is 4.98 Å². The average Bonchev–Trinajstić information content (AvgIpc) is 2.75. The molecule has 0 spiro atoms. The van der Waals surface area contributed by atoms with Crippen LogP contribution in [-0.4, -0.2) is 39.5 Å². The van der Waals surface area contributed by atoms with Crippen LogP contribution in [0.2, 0.25) is 0 Å². The van der Waals surface area contributed by atoms with Gasteiger partial charge in [-0.2, -0.15) is 0 Å². The lowest BCUT2D eigenvalue weighted by Crippen LogP contribution is -2.48. The zero-order valence-electron chi connectivity index (χ0n) is 9.13. The van der Waals surface area contributed by atoms with Crippen molar-refractivity contribution >= 4 is 28.3 Å². The molecular formula is C10H13N3O3S. The van der Waals surface area contributed by atoms with Crippen LogP contribution >= 0.6 is 11.3 Å². The van der Waals surface area contributed by atoms with Crippen LogP contribution in [-0.2, 0) is 4.79 Å². The highest BCUT2D eigenvalue weighted by Gasteiger charge is 2.33. The number of amides is 1. The number of carboxylic acids is 1. The second-order valence-corrected chi connectivity index (χ2v) is 4.81. The number of piperidine rings is 1. The van der Waals surface area contributed by atoms with Crippen LogP contribution in [0.4, 0.5) is 5.13 Å². The maximum absolute atomic E-state index is 12.1. The number of carbonyl (C=O) groups is 2. The molecule has 6 nitrogen and oxygen atoms in total. The van der Waals surface area contributed by atoms with Crippen LogP contribution in [0.25, 0.3) is 0 Å². The molecule has 0 aliphatic carbocycles. The number of aromatic nitrogens is 1. The number of nitrogen functional groups attached to an aromatic ring is 1. The van der Waals surface area contributed by atoms with Crippen molar-refractivity contribution < 1.29 is 14.7 Å². The number of rotatable bonds is 2. The first-order chi connectivity index (χ1) is 8.09. The third kappa shape index (κ3) is 2.38. The minimum atomic E-state index is -0.957. The first-order valence-electron chi connectivity index (χ1n) is 5.34. The SMILES string of the molecule is Nc1nc(C(=O)N2CCCCC2C(=O)O)cs1. The lowest BCUT2D eigenvalue weighted by molar-refractivity contribution is -0.143. The predicted octanol–water partition coefficient (Wildman–Crippen LogP) is 0.805. The number of aliphatic carboxylic acids is 1. The number of carbonyl (C=O) groups excluding carboxylic acids is 1. The van der Waals surface area contributed by atoms with Gasteiger partial charge in [0.2, 0.25) is 0 Å². The summed E-state index contributed by atoms with van der Waals surface area (Å²) in [6.07, 6.45) is 2.16. The zero-order chi connectivity index (χ0) is 12.4. The first-order valence-corrected chi connectivity index (χ1v) is 6.22. The van der Waals surface area contributed by atoms with Gasteiger partial charge in [-0.25, -0.2) is 9.78 Å². The van der Waals surface area contributed by atoms with E-state index in [1.54, 1.807) is 5.38 Å². The van der Waals surface area contributed by atoms with E-state index in [9.17, 15) is 9.59 Å². The molecule has 0 radical (unpaired) electrons. The van der Waals surface area contributed by atoms with Crippen molar-refractivity contribution in [2.24, 2.45) is 0 Å². The van der Waals surface area contributed by atoms with Crippen LogP contribution in [0.5, 0.6) is 0 Å². The molecule has 1 saturated heterocycles. The summed E-state index contributed by atoms with van der Waals surface area (Å²) in [5.41, 5.74) is 5.70. The fourth-order valence-electron chi connectivity index (χ4n) is 1.96. The number of nitrogens with two attached hydrogens (primary N) is 1. The molecule has 0 aromatic carbocycles. The van der Waals surface area contributed by atoms with Crippen LogP contribution in [0, 0.1) is 0 Å². The van der Waals surface area contributed by atoms with Crippen molar-refractivity contribution in [3.63, 3.8) is 0 Å². The Balaban J connectivity index is 2.19. The van der Waals surface area contributed by atoms with Gasteiger partial charge in [0, 0.05) is 11.9 Å². The van der Waals surface area contributed by atoms with Crippen LogP contribution in [0.1, 0.15) is 29.8 Å². The molecule has 1 aromatic heterocycles. The minimum Gasteiger partial charge on any atom is -0.480 e. The standard InChI is InChI=1S/C10H13N3O3S/c11-10-12-6(5-17-10)8(14)13-4-2-1-3-7(13)9(15)16/h5,7H,1-4H2,(H2,11,12)(H,15,16). The molecule has 1 fully saturated rings. The third-order valence-electron chi connectivity index (χ3n) is 2.79. The fraction of sp³-hybridized carbons (Fsp3) is 0.500. The lowest BCUT2D eigenvalue weighted by atomic mass is 10.0. The number of anilines is 1. The minimum absolute atomic E-state index is 0.237. The van der Waals surface area contributed by atoms with Crippen LogP contribution < -0.4 is 5.73 Å². The van der Waals surface area contributed by atoms with Gasteiger partial charge < -0.3 is 15.7 Å². The molecular weight excluding hydrogens is 242 g/mol. The Labute approximate surface area is 102 Å². The second-order valence-electron chi connectivity index (χ2n) is 3.92. The van der Waals surface area contributed by atoms with Gasteiger partial charge in [0.1, 0.15) is 11.7 Å². The van der Waals surface area contributed by atoms with Gasteiger partial charge in [-0.15, -0.1) is 11.3 Å². The topological polar surface area (TPSA) is 96.5 Å². The van der Waals surface area contributed by atoms with Crippen molar-refractivity contribution in [3.8, 4) is 0 Å². The van der Waals surface area contributed by atoms with Crippen molar-refractivity contribution in [1.29, 1.82) is 0 Å². The molecule has 1 aliphatic heterocycles. The molecule has 1 unspecified atom stereocenters. The molecule has 0 saturated carbocycles. The summed E-state index contributed by atoms with van der Waals surface area (Å²) in [6.45, 7) is 0.466. The Morgan fingerprint density at radius 2 is 2.29 bits per heavy atom. The maximum Gasteiger partial charge on any atom is 0.326 e. The summed E-state index contributed by atoms with van der Waals surface area (Å²) in [5, 5.41) is 11.0. The van der Waals surface area contributed by atoms with E-state index in [1.165, 1.54) is 16.2 Å². The van der Waals surface area contributed by atoms with Gasteiger partial charge in [-0.05, 0) is 19.3 Å². The second kappa shape index (κ2) is 4.70. The van der Waals surface area contributed by atoms with Gasteiger partial charge in [-0.1, -0.05) is 0 Å². The Morgan fingerprint density at radius 3 is 2.88 bits per heavy atom. The van der Waals surface area contributed by atoms with E-state index in [-0.39, 0.29) is 11.6 Å². The van der Waals surface area contributed by atoms with Crippen molar-refractivity contribution in [2.45, 2.75) is 25.3 Å². The summed E-state index contributed by atoms with van der Waals surface area (Å²) < 4.78 is 0. The average molecular weight is 255 g/mol. The van der Waals surface area contributed by atoms with Gasteiger partial charge in [-0.3, -0.25) is 4.79 Å². The monoisotopic (exact) mass is 255 g/mol. The highest BCUT2D eigenvalue weighted by Crippen LogP contribution is 2.21. The number of thiazole rings is 1. The fourth-order valence-corrected chi connectivity index (χ4v) is 2.50. The Bertz CT molecular complexity index is 446. The summed E-state index contributed by atoms with van der Waals surface area (Å²) in [7, 11) is 0. The van der Waals surface area contributed by atoms with Gasteiger partial charge in [0.25, 0.3) is 5.91 Å². The Morgan fingerprint density at radius 1 is 1.53 bits per heavy atom. The van der Waals surface area contributed by atoms with Crippen molar-refractivity contribution in [2.75, 3.05) is 12.3 Å². The molecule has 92 valence electrons.